The number of nitrogens with zero attached hydrogens (tertiary/aromatic N) is 2. The van der Waals surface area contributed by atoms with Crippen LogP contribution in [0.15, 0.2) is 48.5 Å². The highest BCUT2D eigenvalue weighted by molar-refractivity contribution is 6.36. The molecule has 0 aliphatic carbocycles. The summed E-state index contributed by atoms with van der Waals surface area (Å²) in [6.07, 6.45) is 1.64. The van der Waals surface area contributed by atoms with Crippen LogP contribution in [0.25, 0.3) is 0 Å². The standard InChI is InChI=1S/C22H18ClFN2O3/c23-14-4-1-2-5-15(14)26-21(28)17-16-6-3-11-25(16)19(18(17)22(26)29)20(27)12-7-9-13(24)10-8-12/h1-2,4-5,7-10,16-19H,3,6,11H2/t16-,17-,18+,19-/m1/s1. The number of amides is 2. The first-order chi connectivity index (χ1) is 14.0. The summed E-state index contributed by atoms with van der Waals surface area (Å²) in [5.41, 5.74) is 0.704. The highest BCUT2D eigenvalue weighted by atomic mass is 35.5. The van der Waals surface area contributed by atoms with E-state index in [1.54, 1.807) is 24.3 Å². The number of hydrogen-bond acceptors (Lipinski definition) is 4. The number of carbonyl (C=O) groups excluding carboxylic acids is 3. The Hall–Kier alpha value is -2.57. The lowest BCUT2D eigenvalue weighted by molar-refractivity contribution is -0.123. The third kappa shape index (κ3) is 2.66. The Bertz CT molecular complexity index is 1020. The van der Waals surface area contributed by atoms with E-state index in [-0.39, 0.29) is 23.6 Å². The predicted octanol–water partition coefficient (Wildman–Crippen LogP) is 3.31. The third-order valence-corrected chi connectivity index (χ3v) is 6.66. The van der Waals surface area contributed by atoms with Gasteiger partial charge in [-0.25, -0.2) is 9.29 Å². The molecule has 0 bridgehead atoms. The lowest BCUT2D eigenvalue weighted by Gasteiger charge is -2.27. The Labute approximate surface area is 172 Å². The van der Waals surface area contributed by atoms with Gasteiger partial charge < -0.3 is 0 Å². The number of imide groups is 1. The fourth-order valence-electron chi connectivity index (χ4n) is 5.17. The van der Waals surface area contributed by atoms with E-state index in [4.69, 9.17) is 11.6 Å². The van der Waals surface area contributed by atoms with E-state index in [9.17, 15) is 18.8 Å². The van der Waals surface area contributed by atoms with Crippen LogP contribution >= 0.6 is 11.6 Å². The average molecular weight is 413 g/mol. The van der Waals surface area contributed by atoms with Gasteiger partial charge in [0.1, 0.15) is 5.82 Å². The van der Waals surface area contributed by atoms with E-state index < -0.39 is 23.7 Å². The molecule has 0 N–H and O–H groups in total. The molecule has 5 nitrogen and oxygen atoms in total. The van der Waals surface area contributed by atoms with Crippen molar-refractivity contribution in [3.63, 3.8) is 0 Å². The number of ketones is 1. The molecule has 2 aromatic carbocycles. The number of carbonyl (C=O) groups is 3. The summed E-state index contributed by atoms with van der Waals surface area (Å²) in [5.74, 6) is -2.66. The Morgan fingerprint density at radius 2 is 1.69 bits per heavy atom. The number of Topliss-reactive ketones (excluding diaryl/α,β-unsaturated/α-hetero) is 1. The summed E-state index contributed by atoms with van der Waals surface area (Å²) in [6, 6.07) is 11.2. The lowest BCUT2D eigenvalue weighted by atomic mass is 9.85. The van der Waals surface area contributed by atoms with Gasteiger partial charge in [-0.15, -0.1) is 0 Å². The highest BCUT2D eigenvalue weighted by Gasteiger charge is 2.64. The molecule has 3 aliphatic heterocycles. The summed E-state index contributed by atoms with van der Waals surface area (Å²) in [6.45, 7) is 0.669. The Kier molecular flexibility index (Phi) is 4.29. The molecule has 3 saturated heterocycles. The number of anilines is 1. The van der Waals surface area contributed by atoms with Crippen molar-refractivity contribution in [2.45, 2.75) is 24.9 Å². The van der Waals surface area contributed by atoms with Crippen LogP contribution in [0.1, 0.15) is 23.2 Å². The number of rotatable bonds is 3. The number of benzene rings is 2. The first kappa shape index (κ1) is 18.5. The second kappa shape index (κ2) is 6.75. The van der Waals surface area contributed by atoms with Gasteiger partial charge in [0.25, 0.3) is 0 Å². The van der Waals surface area contributed by atoms with Crippen LogP contribution in [-0.2, 0) is 9.59 Å². The van der Waals surface area contributed by atoms with Crippen LogP contribution in [0, 0.1) is 17.7 Å². The van der Waals surface area contributed by atoms with Crippen molar-refractivity contribution in [2.24, 2.45) is 11.8 Å². The molecule has 148 valence electrons. The highest BCUT2D eigenvalue weighted by Crippen LogP contribution is 2.49. The minimum Gasteiger partial charge on any atom is -0.292 e. The van der Waals surface area contributed by atoms with Crippen LogP contribution in [0.2, 0.25) is 5.02 Å². The molecule has 3 aliphatic rings. The zero-order valence-corrected chi connectivity index (χ0v) is 16.2. The first-order valence-electron chi connectivity index (χ1n) is 9.67. The number of para-hydroxylation sites is 1. The van der Waals surface area contributed by atoms with Crippen LogP contribution in [0.4, 0.5) is 10.1 Å². The number of hydrogen-bond donors (Lipinski definition) is 0. The van der Waals surface area contributed by atoms with Gasteiger partial charge >= 0.3 is 0 Å². The molecule has 7 heteroatoms. The summed E-state index contributed by atoms with van der Waals surface area (Å²) < 4.78 is 13.3. The SMILES string of the molecule is O=C(c1ccc(F)cc1)[C@H]1[C@H]2C(=O)N(c3ccccc3Cl)C(=O)[C@@H]2[C@H]2CCCN21. The summed E-state index contributed by atoms with van der Waals surface area (Å²) in [5, 5.41) is 0.318. The number of halogens is 2. The maximum atomic E-state index is 13.4. The molecular weight excluding hydrogens is 395 g/mol. The molecule has 2 aromatic rings. The van der Waals surface area contributed by atoms with Crippen molar-refractivity contribution < 1.29 is 18.8 Å². The Balaban J connectivity index is 1.56. The summed E-state index contributed by atoms with van der Waals surface area (Å²) in [7, 11) is 0. The molecule has 4 atom stereocenters. The molecule has 3 heterocycles. The van der Waals surface area contributed by atoms with Gasteiger partial charge in [0.15, 0.2) is 5.78 Å². The normalized spacial score (nSPS) is 28.7. The van der Waals surface area contributed by atoms with Crippen LogP contribution < -0.4 is 4.90 Å². The fourth-order valence-corrected chi connectivity index (χ4v) is 5.39. The molecule has 29 heavy (non-hydrogen) atoms. The zero-order valence-electron chi connectivity index (χ0n) is 15.4. The quantitative estimate of drug-likeness (QED) is 0.573. The van der Waals surface area contributed by atoms with Gasteiger partial charge in [-0.05, 0) is 55.8 Å². The largest absolute Gasteiger partial charge is 0.292 e. The minimum absolute atomic E-state index is 0.140. The van der Waals surface area contributed by atoms with E-state index in [1.165, 1.54) is 24.3 Å². The molecule has 0 unspecified atom stereocenters. The molecule has 2 amide bonds. The van der Waals surface area contributed by atoms with Gasteiger partial charge in [0.05, 0.1) is 28.6 Å². The lowest BCUT2D eigenvalue weighted by Crippen LogP contribution is -2.46. The monoisotopic (exact) mass is 412 g/mol. The second-order valence-corrected chi connectivity index (χ2v) is 8.19. The summed E-state index contributed by atoms with van der Waals surface area (Å²) >= 11 is 6.25. The smallest absolute Gasteiger partial charge is 0.239 e. The Morgan fingerprint density at radius 1 is 1.00 bits per heavy atom. The van der Waals surface area contributed by atoms with Crippen molar-refractivity contribution in [2.75, 3.05) is 11.4 Å². The van der Waals surface area contributed by atoms with Crippen molar-refractivity contribution >= 4 is 34.9 Å². The van der Waals surface area contributed by atoms with Gasteiger partial charge in [-0.2, -0.15) is 0 Å². The van der Waals surface area contributed by atoms with Crippen LogP contribution in [0.3, 0.4) is 0 Å². The minimum atomic E-state index is -0.748. The van der Waals surface area contributed by atoms with Crippen LogP contribution in [-0.4, -0.2) is 41.1 Å². The van der Waals surface area contributed by atoms with Gasteiger partial charge in [0.2, 0.25) is 11.8 Å². The average Bonchev–Trinajstić information content (AvgIpc) is 3.35. The maximum absolute atomic E-state index is 13.4. The van der Waals surface area contributed by atoms with Gasteiger partial charge in [-0.1, -0.05) is 23.7 Å². The van der Waals surface area contributed by atoms with Crippen molar-refractivity contribution in [1.82, 2.24) is 4.90 Å². The molecule has 0 aromatic heterocycles. The third-order valence-electron chi connectivity index (χ3n) is 6.34. The van der Waals surface area contributed by atoms with E-state index in [0.717, 1.165) is 17.7 Å². The van der Waals surface area contributed by atoms with E-state index in [2.05, 4.69) is 0 Å². The number of fused-ring (bicyclic) bond motifs is 3. The molecule has 0 saturated carbocycles. The van der Waals surface area contributed by atoms with Crippen molar-refractivity contribution in [3.05, 3.63) is 64.9 Å². The van der Waals surface area contributed by atoms with E-state index >= 15 is 0 Å². The van der Waals surface area contributed by atoms with Crippen molar-refractivity contribution in [3.8, 4) is 0 Å². The van der Waals surface area contributed by atoms with Gasteiger partial charge in [-0.3, -0.25) is 19.3 Å². The molecule has 5 rings (SSSR count). The second-order valence-electron chi connectivity index (χ2n) is 7.78. The molecule has 0 spiro atoms. The predicted molar refractivity (Wildman–Crippen MR) is 105 cm³/mol. The van der Waals surface area contributed by atoms with Gasteiger partial charge in [0, 0.05) is 11.6 Å². The Morgan fingerprint density at radius 3 is 2.41 bits per heavy atom. The molecular formula is C22H18ClFN2O3. The maximum Gasteiger partial charge on any atom is 0.239 e. The van der Waals surface area contributed by atoms with E-state index in [1.807, 2.05) is 4.90 Å². The summed E-state index contributed by atoms with van der Waals surface area (Å²) in [4.78, 5) is 43.2. The van der Waals surface area contributed by atoms with E-state index in [0.29, 0.717) is 22.8 Å². The topological polar surface area (TPSA) is 57.7 Å². The fraction of sp³-hybridized carbons (Fsp3) is 0.318. The molecule has 3 fully saturated rings. The first-order valence-corrected chi connectivity index (χ1v) is 10.0. The van der Waals surface area contributed by atoms with Crippen LogP contribution in [0.5, 0.6) is 0 Å². The molecule has 0 radical (unpaired) electrons. The van der Waals surface area contributed by atoms with Crippen molar-refractivity contribution in [1.29, 1.82) is 0 Å². The zero-order chi connectivity index (χ0) is 20.3.